The molecule has 11 heteroatoms. The highest BCUT2D eigenvalue weighted by Gasteiger charge is 2.24. The minimum Gasteiger partial charge on any atom is -0.324 e. The number of fused-ring (bicyclic) bond motifs is 1. The lowest BCUT2D eigenvalue weighted by molar-refractivity contribution is 0.358. The van der Waals surface area contributed by atoms with Gasteiger partial charge in [0, 0.05) is 64.1 Å². The number of allylic oxidation sites excluding steroid dienone is 1. The van der Waals surface area contributed by atoms with Crippen molar-refractivity contribution >= 4 is 55.6 Å². The quantitative estimate of drug-likeness (QED) is 0.375. The Bertz CT molecular complexity index is 1700. The monoisotopic (exact) mass is 535 g/mol. The molecule has 0 atom stereocenters. The summed E-state index contributed by atoms with van der Waals surface area (Å²) in [5, 5.41) is 3.62. The molecule has 0 radical (unpaired) electrons. The van der Waals surface area contributed by atoms with Crippen LogP contribution >= 0.6 is 11.8 Å². The number of hydrogen-bond acceptors (Lipinski definition) is 8. The van der Waals surface area contributed by atoms with Crippen LogP contribution in [0, 0.1) is 5.82 Å². The second-order valence-corrected chi connectivity index (χ2v) is 13.3. The van der Waals surface area contributed by atoms with Gasteiger partial charge in [-0.25, -0.2) is 18.6 Å². The second kappa shape index (κ2) is 9.23. The molecule has 0 bridgehead atoms. The molecule has 0 spiro atoms. The van der Waals surface area contributed by atoms with Gasteiger partial charge in [-0.2, -0.15) is 9.35 Å². The van der Waals surface area contributed by atoms with Gasteiger partial charge in [-0.15, -0.1) is 11.8 Å². The van der Waals surface area contributed by atoms with Gasteiger partial charge in [-0.3, -0.25) is 9.47 Å². The molecule has 190 valence electrons. The Morgan fingerprint density at radius 2 is 2.05 bits per heavy atom. The molecule has 0 aliphatic carbocycles. The van der Waals surface area contributed by atoms with Crippen LogP contribution in [0.15, 0.2) is 58.1 Å². The average Bonchev–Trinajstić information content (AvgIpc) is 3.01. The zero-order valence-electron chi connectivity index (χ0n) is 20.7. The zero-order valence-corrected chi connectivity index (χ0v) is 22.4. The highest BCUT2D eigenvalue weighted by Crippen LogP contribution is 2.40. The summed E-state index contributed by atoms with van der Waals surface area (Å²) in [6, 6.07) is 9.45. The fourth-order valence-electron chi connectivity index (χ4n) is 4.79. The molecular formula is C26H26FN7OS2. The number of anilines is 2. The Hall–Kier alpha value is -3.28. The fraction of sp³-hybridized carbons (Fsp3) is 0.269. The third-order valence-corrected chi connectivity index (χ3v) is 7.88. The number of nitrogens with one attached hydrogen (secondary N) is 1. The third-order valence-electron chi connectivity index (χ3n) is 6.18. The highest BCUT2D eigenvalue weighted by molar-refractivity contribution is 7.99. The lowest BCUT2D eigenvalue weighted by Gasteiger charge is -2.29. The molecule has 0 unspecified atom stereocenters. The van der Waals surface area contributed by atoms with Crippen LogP contribution in [0.5, 0.6) is 0 Å². The molecule has 2 aliphatic rings. The molecule has 0 fully saturated rings. The lowest BCUT2D eigenvalue weighted by atomic mass is 9.94. The summed E-state index contributed by atoms with van der Waals surface area (Å²) in [7, 11) is -0.251. The van der Waals surface area contributed by atoms with Crippen LogP contribution in [0.25, 0.3) is 22.4 Å². The summed E-state index contributed by atoms with van der Waals surface area (Å²) in [5.74, 6) is 1.70. The van der Waals surface area contributed by atoms with Crippen molar-refractivity contribution in [3.63, 3.8) is 0 Å². The Kier molecular flexibility index (Phi) is 6.01. The molecule has 4 aromatic rings. The molecule has 6 rings (SSSR count). The lowest BCUT2D eigenvalue weighted by Crippen LogP contribution is -2.26. The third kappa shape index (κ3) is 4.86. The number of thioether (sulfide) groups is 1. The largest absolute Gasteiger partial charge is 0.324 e. The van der Waals surface area contributed by atoms with E-state index in [1.807, 2.05) is 11.8 Å². The van der Waals surface area contributed by atoms with E-state index in [2.05, 4.69) is 54.8 Å². The number of rotatable bonds is 4. The summed E-state index contributed by atoms with van der Waals surface area (Å²) in [4.78, 5) is 17.1. The first kappa shape index (κ1) is 24.1. The van der Waals surface area contributed by atoms with Gasteiger partial charge in [0.15, 0.2) is 17.3 Å². The minimum absolute atomic E-state index is 0.286. The summed E-state index contributed by atoms with van der Waals surface area (Å²) < 4.78 is 32.6. The number of pyridine rings is 1. The first-order valence-corrected chi connectivity index (χ1v) is 15.2. The van der Waals surface area contributed by atoms with Crippen molar-refractivity contribution in [2.75, 3.05) is 37.2 Å². The van der Waals surface area contributed by atoms with E-state index in [0.29, 0.717) is 23.2 Å². The smallest absolute Gasteiger partial charge is 0.229 e. The molecule has 1 N–H and O–H groups in total. The molecule has 0 amide bonds. The number of hydrogen-bond donors (Lipinski definition) is 1. The Morgan fingerprint density at radius 3 is 2.89 bits per heavy atom. The molecule has 0 saturated carbocycles. The summed E-state index contributed by atoms with van der Waals surface area (Å²) in [6.07, 6.45) is 9.32. The van der Waals surface area contributed by atoms with Crippen LogP contribution in [0.4, 0.5) is 21.8 Å². The van der Waals surface area contributed by atoms with Gasteiger partial charge in [-0.05, 0) is 54.4 Å². The standard InChI is InChI=1S/C26H26FN7OS2/c1-33-13-16-6-5-9-36-21-11-18(10-17(14-33)24(16)21)29-26-28-12-19-20(27)15-34(25(19)31-26)23-8-4-7-22(30-23)32-37(2,3)35/h4,6-8,10-12,15H,5,9,13-14H2,1-3H3,(H,28,29,31). The predicted molar refractivity (Wildman–Crippen MR) is 148 cm³/mol. The Morgan fingerprint density at radius 1 is 1.19 bits per heavy atom. The van der Waals surface area contributed by atoms with Crippen molar-refractivity contribution < 1.29 is 8.60 Å². The summed E-state index contributed by atoms with van der Waals surface area (Å²) in [5.41, 5.74) is 5.31. The van der Waals surface area contributed by atoms with Crippen LogP contribution in [0.1, 0.15) is 17.5 Å². The Balaban J connectivity index is 1.39. The molecule has 2 aliphatic heterocycles. The number of nitrogens with zero attached hydrogens (tertiary/aromatic N) is 6. The van der Waals surface area contributed by atoms with E-state index >= 15 is 0 Å². The average molecular weight is 536 g/mol. The van der Waals surface area contributed by atoms with Gasteiger partial charge in [0.05, 0.1) is 5.39 Å². The van der Waals surface area contributed by atoms with Crippen molar-refractivity contribution in [1.29, 1.82) is 0 Å². The van der Waals surface area contributed by atoms with E-state index in [1.165, 1.54) is 34.0 Å². The number of aromatic nitrogens is 4. The first-order chi connectivity index (χ1) is 17.7. The van der Waals surface area contributed by atoms with E-state index < -0.39 is 15.5 Å². The molecule has 37 heavy (non-hydrogen) atoms. The van der Waals surface area contributed by atoms with Gasteiger partial charge < -0.3 is 5.32 Å². The van der Waals surface area contributed by atoms with Gasteiger partial charge >= 0.3 is 0 Å². The van der Waals surface area contributed by atoms with Crippen molar-refractivity contribution in [3.05, 3.63) is 65.7 Å². The molecule has 0 saturated heterocycles. The number of halogens is 1. The van der Waals surface area contributed by atoms with Gasteiger partial charge in [-0.1, -0.05) is 12.1 Å². The highest BCUT2D eigenvalue weighted by atomic mass is 32.2. The minimum atomic E-state index is -2.39. The number of likely N-dealkylation sites (N-methyl/N-ethyl adjacent to an activating group) is 1. The van der Waals surface area contributed by atoms with Gasteiger partial charge in [0.25, 0.3) is 0 Å². The van der Waals surface area contributed by atoms with Gasteiger partial charge in [0.1, 0.15) is 5.82 Å². The maximum absolute atomic E-state index is 14.8. The first-order valence-electron chi connectivity index (χ1n) is 11.9. The van der Waals surface area contributed by atoms with E-state index in [0.717, 1.165) is 31.0 Å². The number of benzene rings is 1. The van der Waals surface area contributed by atoms with Crippen LogP contribution in [0.2, 0.25) is 0 Å². The van der Waals surface area contributed by atoms with E-state index in [9.17, 15) is 8.60 Å². The van der Waals surface area contributed by atoms with Crippen LogP contribution in [-0.2, 0) is 16.3 Å². The van der Waals surface area contributed by atoms with E-state index in [-0.39, 0.29) is 5.39 Å². The van der Waals surface area contributed by atoms with E-state index in [4.69, 9.17) is 0 Å². The maximum Gasteiger partial charge on any atom is 0.229 e. The fourth-order valence-corrected chi connectivity index (χ4v) is 6.41. The zero-order chi connectivity index (χ0) is 25.7. The van der Waals surface area contributed by atoms with Crippen LogP contribution in [0.3, 0.4) is 0 Å². The molecule has 8 nitrogen and oxygen atoms in total. The molecule has 3 aromatic heterocycles. The van der Waals surface area contributed by atoms with Crippen LogP contribution < -0.4 is 5.32 Å². The van der Waals surface area contributed by atoms with Crippen molar-refractivity contribution in [3.8, 4) is 5.82 Å². The molecule has 5 heterocycles. The predicted octanol–water partition coefficient (Wildman–Crippen LogP) is 5.38. The summed E-state index contributed by atoms with van der Waals surface area (Å²) >= 11 is 1.87. The Labute approximate surface area is 219 Å². The topological polar surface area (TPSA) is 88.3 Å². The molecular weight excluding hydrogens is 509 g/mol. The maximum atomic E-state index is 14.8. The van der Waals surface area contributed by atoms with E-state index in [1.54, 1.807) is 35.3 Å². The SMILES string of the molecule is CN1CC2=CCCSc3cc(Nc4ncc5c(F)cn(-c6cccc(N=S(C)(C)=O)n6)c5n4)cc(c32)C1. The van der Waals surface area contributed by atoms with Gasteiger partial charge in [0.2, 0.25) is 5.95 Å². The van der Waals surface area contributed by atoms with Crippen LogP contribution in [-0.4, -0.2) is 60.5 Å². The normalized spacial score (nSPS) is 15.7. The van der Waals surface area contributed by atoms with Crippen molar-refractivity contribution in [2.24, 2.45) is 4.36 Å². The van der Waals surface area contributed by atoms with Crippen molar-refractivity contribution in [1.82, 2.24) is 24.4 Å². The second-order valence-electron chi connectivity index (χ2n) is 9.58. The molecule has 1 aromatic carbocycles. The van der Waals surface area contributed by atoms with Crippen molar-refractivity contribution in [2.45, 2.75) is 17.9 Å². The summed E-state index contributed by atoms with van der Waals surface area (Å²) in [6.45, 7) is 1.84.